The van der Waals surface area contributed by atoms with Gasteiger partial charge in [0.2, 0.25) is 0 Å². The van der Waals surface area contributed by atoms with Crippen molar-refractivity contribution in [3.8, 4) is 0 Å². The minimum Gasteiger partial charge on any atom is -0.0622 e. The van der Waals surface area contributed by atoms with Crippen LogP contribution in [0.3, 0.4) is 0 Å². The van der Waals surface area contributed by atoms with Gasteiger partial charge in [-0.3, -0.25) is 0 Å². The van der Waals surface area contributed by atoms with Crippen molar-refractivity contribution in [3.63, 3.8) is 0 Å². The van der Waals surface area contributed by atoms with Gasteiger partial charge in [-0.2, -0.15) is 0 Å². The monoisotopic (exact) mass is 378 g/mol. The number of benzene rings is 3. The van der Waals surface area contributed by atoms with Crippen LogP contribution in [-0.2, 0) is 16.2 Å². The Morgan fingerprint density at radius 2 is 0.690 bits per heavy atom. The molecule has 0 atom stereocenters. The highest BCUT2D eigenvalue weighted by Gasteiger charge is 2.67. The van der Waals surface area contributed by atoms with Crippen LogP contribution in [0.5, 0.6) is 0 Å². The molecule has 29 heavy (non-hydrogen) atoms. The fourth-order valence-corrected chi connectivity index (χ4v) is 8.44. The summed E-state index contributed by atoms with van der Waals surface area (Å²) in [4.78, 5) is 0. The highest BCUT2D eigenvalue weighted by Crippen LogP contribution is 2.74. The van der Waals surface area contributed by atoms with E-state index in [0.717, 1.165) is 0 Å². The summed E-state index contributed by atoms with van der Waals surface area (Å²) in [7, 11) is 0. The standard InChI is InChI=1S/C29H30/c1-26-17-27(23-11-5-2-6-12-23)20-28(18-26,24-13-7-3-8-14-24)22-29(19-26,21-27)25-15-9-4-10-16-25/h2-16H,17-22H2,1H3. The largest absolute Gasteiger partial charge is 0.0622 e. The van der Waals surface area contributed by atoms with E-state index in [9.17, 15) is 0 Å². The topological polar surface area (TPSA) is 0 Å². The van der Waals surface area contributed by atoms with Crippen LogP contribution in [0.1, 0.15) is 62.1 Å². The molecule has 146 valence electrons. The van der Waals surface area contributed by atoms with Gasteiger partial charge in [0.05, 0.1) is 0 Å². The van der Waals surface area contributed by atoms with E-state index in [0.29, 0.717) is 5.41 Å². The van der Waals surface area contributed by atoms with Crippen molar-refractivity contribution in [2.75, 3.05) is 0 Å². The summed E-state index contributed by atoms with van der Waals surface area (Å²) in [6, 6.07) is 34.5. The molecule has 0 heterocycles. The van der Waals surface area contributed by atoms with Crippen LogP contribution >= 0.6 is 0 Å². The van der Waals surface area contributed by atoms with Crippen molar-refractivity contribution in [1.29, 1.82) is 0 Å². The molecule has 0 aliphatic heterocycles. The van der Waals surface area contributed by atoms with Gasteiger partial charge < -0.3 is 0 Å². The summed E-state index contributed by atoms with van der Waals surface area (Å²) >= 11 is 0. The van der Waals surface area contributed by atoms with Crippen molar-refractivity contribution < 1.29 is 0 Å². The average molecular weight is 379 g/mol. The zero-order chi connectivity index (χ0) is 19.6. The third-order valence-electron chi connectivity index (χ3n) is 8.48. The highest BCUT2D eigenvalue weighted by atomic mass is 14.7. The second kappa shape index (κ2) is 5.85. The molecule has 0 N–H and O–H groups in total. The Balaban J connectivity index is 1.60. The van der Waals surface area contributed by atoms with E-state index in [1.807, 2.05) is 0 Å². The number of hydrogen-bond donors (Lipinski definition) is 0. The van der Waals surface area contributed by atoms with Crippen LogP contribution in [0.15, 0.2) is 91.0 Å². The second-order valence-electron chi connectivity index (χ2n) is 10.8. The van der Waals surface area contributed by atoms with Crippen LogP contribution in [0.25, 0.3) is 0 Å². The third-order valence-corrected chi connectivity index (χ3v) is 8.48. The smallest absolute Gasteiger partial charge is 0.00248 e. The molecule has 0 radical (unpaired) electrons. The predicted octanol–water partition coefficient (Wildman–Crippen LogP) is 7.19. The lowest BCUT2D eigenvalue weighted by Crippen LogP contribution is -2.65. The van der Waals surface area contributed by atoms with Crippen LogP contribution in [-0.4, -0.2) is 0 Å². The molecule has 3 aromatic rings. The van der Waals surface area contributed by atoms with Gasteiger partial charge in [-0.25, -0.2) is 0 Å². The Kier molecular flexibility index (Phi) is 3.53. The second-order valence-corrected chi connectivity index (χ2v) is 10.8. The van der Waals surface area contributed by atoms with E-state index in [1.54, 1.807) is 16.7 Å². The third kappa shape index (κ3) is 2.51. The van der Waals surface area contributed by atoms with Gasteiger partial charge in [0, 0.05) is 0 Å². The molecular weight excluding hydrogens is 348 g/mol. The fraction of sp³-hybridized carbons (Fsp3) is 0.379. The summed E-state index contributed by atoms with van der Waals surface area (Å²) in [6.45, 7) is 2.59. The van der Waals surface area contributed by atoms with E-state index in [-0.39, 0.29) is 16.2 Å². The van der Waals surface area contributed by atoms with Gasteiger partial charge in [-0.1, -0.05) is 97.9 Å². The minimum absolute atomic E-state index is 0.288. The predicted molar refractivity (Wildman–Crippen MR) is 120 cm³/mol. The molecule has 0 nitrogen and oxygen atoms in total. The molecular formula is C29H30. The van der Waals surface area contributed by atoms with Gasteiger partial charge in [0.1, 0.15) is 0 Å². The molecule has 4 aliphatic carbocycles. The van der Waals surface area contributed by atoms with Crippen LogP contribution in [0.2, 0.25) is 0 Å². The summed E-state index contributed by atoms with van der Waals surface area (Å²) in [6.07, 6.45) is 7.93. The molecule has 4 saturated carbocycles. The maximum atomic E-state index is 2.59. The molecule has 0 unspecified atom stereocenters. The van der Waals surface area contributed by atoms with E-state index >= 15 is 0 Å². The van der Waals surface area contributed by atoms with E-state index in [1.165, 1.54) is 38.5 Å². The zero-order valence-corrected chi connectivity index (χ0v) is 17.4. The summed E-state index contributed by atoms with van der Waals surface area (Å²) in [5.41, 5.74) is 5.99. The van der Waals surface area contributed by atoms with Crippen LogP contribution in [0.4, 0.5) is 0 Å². The number of hydrogen-bond acceptors (Lipinski definition) is 0. The van der Waals surface area contributed by atoms with E-state index < -0.39 is 0 Å². The first-order chi connectivity index (χ1) is 14.1. The number of rotatable bonds is 3. The molecule has 3 aromatic carbocycles. The Labute approximate surface area is 175 Å². The fourth-order valence-electron chi connectivity index (χ4n) is 8.44. The average Bonchev–Trinajstić information content (AvgIpc) is 2.74. The quantitative estimate of drug-likeness (QED) is 0.452. The van der Waals surface area contributed by atoms with Crippen molar-refractivity contribution in [2.24, 2.45) is 5.41 Å². The Morgan fingerprint density at radius 3 is 0.966 bits per heavy atom. The van der Waals surface area contributed by atoms with Crippen molar-refractivity contribution in [1.82, 2.24) is 0 Å². The molecule has 7 rings (SSSR count). The molecule has 0 spiro atoms. The molecule has 0 aromatic heterocycles. The van der Waals surface area contributed by atoms with Gasteiger partial charge in [0.15, 0.2) is 0 Å². The summed E-state index contributed by atoms with van der Waals surface area (Å²) < 4.78 is 0. The van der Waals surface area contributed by atoms with E-state index in [2.05, 4.69) is 97.9 Å². The lowest BCUT2D eigenvalue weighted by Gasteiger charge is -2.71. The summed E-state index contributed by atoms with van der Waals surface area (Å²) in [5, 5.41) is 0. The van der Waals surface area contributed by atoms with E-state index in [4.69, 9.17) is 0 Å². The molecule has 0 amide bonds. The first kappa shape index (κ1) is 17.5. The molecule has 0 heteroatoms. The summed E-state index contributed by atoms with van der Waals surface area (Å²) in [5.74, 6) is 0. The molecule has 0 saturated heterocycles. The molecule has 4 bridgehead atoms. The lowest BCUT2D eigenvalue weighted by molar-refractivity contribution is -0.0988. The van der Waals surface area contributed by atoms with Gasteiger partial charge in [-0.05, 0) is 76.9 Å². The van der Waals surface area contributed by atoms with Gasteiger partial charge >= 0.3 is 0 Å². The molecule has 4 aliphatic rings. The minimum atomic E-state index is 0.288. The zero-order valence-electron chi connectivity index (χ0n) is 17.4. The van der Waals surface area contributed by atoms with Crippen molar-refractivity contribution >= 4 is 0 Å². The van der Waals surface area contributed by atoms with Crippen LogP contribution < -0.4 is 0 Å². The van der Waals surface area contributed by atoms with Crippen LogP contribution in [0, 0.1) is 5.41 Å². The first-order valence-electron chi connectivity index (χ1n) is 11.2. The van der Waals surface area contributed by atoms with Crippen molar-refractivity contribution in [3.05, 3.63) is 108 Å². The Bertz CT molecular complexity index is 875. The SMILES string of the molecule is CC12CC3(c4ccccc4)CC(c4ccccc4)(C1)CC(c1ccccc1)(C2)C3. The Hall–Kier alpha value is -2.34. The normalized spacial score (nSPS) is 37.6. The molecule has 4 fully saturated rings. The van der Waals surface area contributed by atoms with Crippen molar-refractivity contribution in [2.45, 2.75) is 61.7 Å². The van der Waals surface area contributed by atoms with Gasteiger partial charge in [-0.15, -0.1) is 0 Å². The maximum Gasteiger partial charge on any atom is -0.00248 e. The maximum absolute atomic E-state index is 2.59. The highest BCUT2D eigenvalue weighted by molar-refractivity contribution is 5.44. The lowest BCUT2D eigenvalue weighted by atomic mass is 9.33. The first-order valence-corrected chi connectivity index (χ1v) is 11.2. The van der Waals surface area contributed by atoms with Gasteiger partial charge in [0.25, 0.3) is 0 Å². The Morgan fingerprint density at radius 1 is 0.414 bits per heavy atom.